The first-order valence-electron chi connectivity index (χ1n) is 5.51. The van der Waals surface area contributed by atoms with Gasteiger partial charge in [-0.1, -0.05) is 29.3 Å². The summed E-state index contributed by atoms with van der Waals surface area (Å²) in [5.74, 6) is -1.65. The summed E-state index contributed by atoms with van der Waals surface area (Å²) < 4.78 is 0. The Kier molecular flexibility index (Phi) is 4.65. The molecule has 2 N–H and O–H groups in total. The van der Waals surface area contributed by atoms with Crippen molar-refractivity contribution < 1.29 is 14.7 Å². The molecule has 0 aliphatic heterocycles. The van der Waals surface area contributed by atoms with E-state index < -0.39 is 17.9 Å². The second-order valence-electron chi connectivity index (χ2n) is 3.89. The van der Waals surface area contributed by atoms with Gasteiger partial charge >= 0.3 is 5.97 Å². The molecule has 1 aromatic carbocycles. The summed E-state index contributed by atoms with van der Waals surface area (Å²) in [6.45, 7) is 0. The molecule has 1 heterocycles. The molecule has 1 atom stereocenters. The van der Waals surface area contributed by atoms with Crippen molar-refractivity contribution >= 4 is 46.4 Å². The van der Waals surface area contributed by atoms with Gasteiger partial charge in [-0.2, -0.15) is 0 Å². The van der Waals surface area contributed by atoms with Gasteiger partial charge in [-0.05, 0) is 29.6 Å². The van der Waals surface area contributed by atoms with E-state index in [1.54, 1.807) is 17.5 Å². The number of hydrogen-bond acceptors (Lipinski definition) is 3. The van der Waals surface area contributed by atoms with Crippen LogP contribution in [-0.2, 0) is 4.79 Å². The molecule has 1 unspecified atom stereocenters. The van der Waals surface area contributed by atoms with E-state index >= 15 is 0 Å². The minimum atomic E-state index is -1.12. The molecule has 0 fully saturated rings. The molecule has 0 aliphatic carbocycles. The molecule has 0 saturated heterocycles. The Morgan fingerprint density at radius 2 is 1.95 bits per heavy atom. The van der Waals surface area contributed by atoms with Crippen LogP contribution in [0.15, 0.2) is 35.7 Å². The summed E-state index contributed by atoms with van der Waals surface area (Å²) >= 11 is 12.9. The minimum Gasteiger partial charge on any atom is -0.479 e. The summed E-state index contributed by atoms with van der Waals surface area (Å²) in [5.41, 5.74) is 0.252. The van der Waals surface area contributed by atoms with Gasteiger partial charge in [0.15, 0.2) is 6.04 Å². The third kappa shape index (κ3) is 3.30. The lowest BCUT2D eigenvalue weighted by Crippen LogP contribution is -2.33. The third-order valence-electron chi connectivity index (χ3n) is 2.53. The van der Waals surface area contributed by atoms with Gasteiger partial charge in [0.25, 0.3) is 5.91 Å². The number of rotatable bonds is 4. The molecule has 0 radical (unpaired) electrons. The lowest BCUT2D eigenvalue weighted by Gasteiger charge is -2.13. The molecule has 1 amide bonds. The van der Waals surface area contributed by atoms with E-state index in [1.807, 2.05) is 0 Å². The fraction of sp³-hybridized carbons (Fsp3) is 0.0769. The summed E-state index contributed by atoms with van der Waals surface area (Å²) in [7, 11) is 0. The van der Waals surface area contributed by atoms with Gasteiger partial charge in [0.2, 0.25) is 0 Å². The number of carboxylic acid groups (broad SMARTS) is 1. The minimum absolute atomic E-state index is 0.238. The zero-order valence-corrected chi connectivity index (χ0v) is 12.3. The average Bonchev–Trinajstić information content (AvgIpc) is 2.92. The van der Waals surface area contributed by atoms with E-state index in [2.05, 4.69) is 5.32 Å². The smallest absolute Gasteiger partial charge is 0.331 e. The van der Waals surface area contributed by atoms with Crippen LogP contribution in [0.5, 0.6) is 0 Å². The van der Waals surface area contributed by atoms with Crippen LogP contribution < -0.4 is 5.32 Å². The highest BCUT2D eigenvalue weighted by Crippen LogP contribution is 2.24. The quantitative estimate of drug-likeness (QED) is 0.900. The number of amides is 1. The third-order valence-corrected chi connectivity index (χ3v) is 4.21. The molecule has 4 nitrogen and oxygen atoms in total. The van der Waals surface area contributed by atoms with E-state index in [4.69, 9.17) is 23.2 Å². The lowest BCUT2D eigenvalue weighted by atomic mass is 10.2. The highest BCUT2D eigenvalue weighted by Gasteiger charge is 2.23. The Morgan fingerprint density at radius 3 is 2.50 bits per heavy atom. The van der Waals surface area contributed by atoms with Crippen molar-refractivity contribution in [1.82, 2.24) is 5.32 Å². The van der Waals surface area contributed by atoms with Gasteiger partial charge in [0.05, 0.1) is 10.0 Å². The molecule has 0 saturated carbocycles. The Bertz CT molecular complexity index is 643. The molecule has 0 aliphatic rings. The van der Waals surface area contributed by atoms with Crippen LogP contribution in [0.3, 0.4) is 0 Å². The van der Waals surface area contributed by atoms with E-state index in [-0.39, 0.29) is 10.6 Å². The number of carbonyl (C=O) groups is 2. The van der Waals surface area contributed by atoms with E-state index in [9.17, 15) is 14.7 Å². The Balaban J connectivity index is 2.20. The van der Waals surface area contributed by atoms with E-state index in [0.717, 1.165) is 0 Å². The van der Waals surface area contributed by atoms with Gasteiger partial charge in [-0.3, -0.25) is 4.79 Å². The van der Waals surface area contributed by atoms with Crippen LogP contribution in [0.2, 0.25) is 10.0 Å². The highest BCUT2D eigenvalue weighted by molar-refractivity contribution is 7.10. The Labute approximate surface area is 128 Å². The molecule has 2 aromatic rings. The Hall–Kier alpha value is -1.56. The highest BCUT2D eigenvalue weighted by atomic mass is 35.5. The van der Waals surface area contributed by atoms with Crippen LogP contribution in [-0.4, -0.2) is 17.0 Å². The van der Waals surface area contributed by atoms with Crippen molar-refractivity contribution in [3.63, 3.8) is 0 Å². The van der Waals surface area contributed by atoms with Gasteiger partial charge in [0, 0.05) is 10.4 Å². The van der Waals surface area contributed by atoms with Gasteiger partial charge in [-0.15, -0.1) is 11.3 Å². The van der Waals surface area contributed by atoms with Crippen LogP contribution in [0.1, 0.15) is 21.3 Å². The SMILES string of the molecule is O=C(NC(C(=O)O)c1cccs1)c1ccc(Cl)c(Cl)c1. The fourth-order valence-corrected chi connectivity index (χ4v) is 2.63. The molecule has 2 rings (SSSR count). The lowest BCUT2D eigenvalue weighted by molar-refractivity contribution is -0.139. The fourth-order valence-electron chi connectivity index (χ4n) is 1.56. The number of carbonyl (C=O) groups excluding carboxylic acids is 1. The second kappa shape index (κ2) is 6.26. The number of aliphatic carboxylic acids is 1. The number of benzene rings is 1. The average molecular weight is 330 g/mol. The topological polar surface area (TPSA) is 66.4 Å². The number of nitrogens with one attached hydrogen (secondary N) is 1. The van der Waals surface area contributed by atoms with Crippen molar-refractivity contribution in [3.05, 3.63) is 56.2 Å². The molecule has 20 heavy (non-hydrogen) atoms. The molecule has 1 aromatic heterocycles. The van der Waals surface area contributed by atoms with Gasteiger partial charge < -0.3 is 10.4 Å². The van der Waals surface area contributed by atoms with Crippen molar-refractivity contribution in [1.29, 1.82) is 0 Å². The molecule has 0 bridgehead atoms. The molecule has 104 valence electrons. The van der Waals surface area contributed by atoms with Crippen LogP contribution in [0, 0.1) is 0 Å². The zero-order valence-electron chi connectivity index (χ0n) is 9.97. The number of carboxylic acids is 1. The second-order valence-corrected chi connectivity index (χ2v) is 5.68. The van der Waals surface area contributed by atoms with Crippen molar-refractivity contribution in [3.8, 4) is 0 Å². The van der Waals surface area contributed by atoms with Crippen molar-refractivity contribution in [2.24, 2.45) is 0 Å². The number of hydrogen-bond donors (Lipinski definition) is 2. The monoisotopic (exact) mass is 329 g/mol. The van der Waals surface area contributed by atoms with Crippen LogP contribution in [0.4, 0.5) is 0 Å². The first kappa shape index (κ1) is 14.8. The maximum Gasteiger partial charge on any atom is 0.331 e. The molecular formula is C13H9Cl2NO3S. The summed E-state index contributed by atoms with van der Waals surface area (Å²) in [5, 5.41) is 14.0. The first-order chi connectivity index (χ1) is 9.49. The maximum atomic E-state index is 12.0. The summed E-state index contributed by atoms with van der Waals surface area (Å²) in [6.07, 6.45) is 0. The molecule has 0 spiro atoms. The zero-order chi connectivity index (χ0) is 14.7. The number of halogens is 2. The summed E-state index contributed by atoms with van der Waals surface area (Å²) in [6, 6.07) is 6.65. The Morgan fingerprint density at radius 1 is 1.20 bits per heavy atom. The predicted molar refractivity (Wildman–Crippen MR) is 78.6 cm³/mol. The molecular weight excluding hydrogens is 321 g/mol. The molecule has 7 heteroatoms. The van der Waals surface area contributed by atoms with Crippen LogP contribution in [0.25, 0.3) is 0 Å². The van der Waals surface area contributed by atoms with Crippen LogP contribution >= 0.6 is 34.5 Å². The summed E-state index contributed by atoms with van der Waals surface area (Å²) in [4.78, 5) is 23.8. The predicted octanol–water partition coefficient (Wildman–Crippen LogP) is 3.61. The van der Waals surface area contributed by atoms with Crippen molar-refractivity contribution in [2.45, 2.75) is 6.04 Å². The first-order valence-corrected chi connectivity index (χ1v) is 7.14. The normalized spacial score (nSPS) is 11.9. The van der Waals surface area contributed by atoms with E-state index in [1.165, 1.54) is 29.5 Å². The van der Waals surface area contributed by atoms with Gasteiger partial charge in [0.1, 0.15) is 0 Å². The van der Waals surface area contributed by atoms with Gasteiger partial charge in [-0.25, -0.2) is 4.79 Å². The maximum absolute atomic E-state index is 12.0. The van der Waals surface area contributed by atoms with E-state index in [0.29, 0.717) is 9.90 Å². The number of thiophene rings is 1. The largest absolute Gasteiger partial charge is 0.479 e. The van der Waals surface area contributed by atoms with Crippen molar-refractivity contribution in [2.75, 3.05) is 0 Å². The standard InChI is InChI=1S/C13H9Cl2NO3S/c14-8-4-3-7(6-9(8)15)12(17)16-11(13(18)19)10-2-1-5-20-10/h1-6,11H,(H,16,17)(H,18,19).